The molecule has 0 saturated heterocycles. The predicted molar refractivity (Wildman–Crippen MR) is 71.2 cm³/mol. The Morgan fingerprint density at radius 2 is 2.23 bits per heavy atom. The summed E-state index contributed by atoms with van der Waals surface area (Å²) in [5.74, 6) is 0.563. The highest BCUT2D eigenvalue weighted by molar-refractivity contribution is 5.92. The molecule has 122 valence electrons. The van der Waals surface area contributed by atoms with Crippen molar-refractivity contribution >= 4 is 5.91 Å². The first kappa shape index (κ1) is 15.3. The van der Waals surface area contributed by atoms with Gasteiger partial charge in [0.25, 0.3) is 5.91 Å². The summed E-state index contributed by atoms with van der Waals surface area (Å²) in [7, 11) is 0. The first-order valence-electron chi connectivity index (χ1n) is 7.42. The molecule has 1 saturated carbocycles. The Hall–Kier alpha value is -1.57. The summed E-state index contributed by atoms with van der Waals surface area (Å²) >= 11 is 0. The number of carbonyl (C=O) groups excluding carboxylic acids is 1. The van der Waals surface area contributed by atoms with Gasteiger partial charge >= 0.3 is 6.18 Å². The maximum Gasteiger partial charge on any atom is 0.390 e. The minimum absolute atomic E-state index is 0.211. The van der Waals surface area contributed by atoms with E-state index in [9.17, 15) is 18.0 Å². The zero-order valence-electron chi connectivity index (χ0n) is 12.1. The first-order chi connectivity index (χ1) is 10.4. The summed E-state index contributed by atoms with van der Waals surface area (Å²) in [6, 6.07) is 0. The maximum absolute atomic E-state index is 12.5. The molecule has 1 amide bonds. The second-order valence-electron chi connectivity index (χ2n) is 5.85. The van der Waals surface area contributed by atoms with Crippen LogP contribution in [-0.4, -0.2) is 46.2 Å². The van der Waals surface area contributed by atoms with E-state index in [0.29, 0.717) is 38.0 Å². The molecular formula is C14H18F3N3O2. The highest BCUT2D eigenvalue weighted by atomic mass is 19.4. The molecule has 1 aliphatic carbocycles. The summed E-state index contributed by atoms with van der Waals surface area (Å²) in [5.41, 5.74) is 0.211. The van der Waals surface area contributed by atoms with Gasteiger partial charge in [-0.2, -0.15) is 13.2 Å². The van der Waals surface area contributed by atoms with Crippen LogP contribution in [0.4, 0.5) is 13.2 Å². The zero-order chi connectivity index (χ0) is 15.7. The summed E-state index contributed by atoms with van der Waals surface area (Å²) in [5, 5.41) is 0. The summed E-state index contributed by atoms with van der Waals surface area (Å²) in [4.78, 5) is 18.0. The third-order valence-electron chi connectivity index (χ3n) is 3.91. The van der Waals surface area contributed by atoms with E-state index in [1.165, 1.54) is 4.90 Å². The first-order valence-corrected chi connectivity index (χ1v) is 7.42. The quantitative estimate of drug-likeness (QED) is 0.836. The molecule has 0 spiro atoms. The lowest BCUT2D eigenvalue weighted by Crippen LogP contribution is -2.36. The van der Waals surface area contributed by atoms with Crippen molar-refractivity contribution in [3.8, 4) is 0 Å². The molecule has 1 aromatic rings. The lowest BCUT2D eigenvalue weighted by atomic mass is 10.3. The van der Waals surface area contributed by atoms with E-state index >= 15 is 0 Å². The molecule has 2 aliphatic rings. The van der Waals surface area contributed by atoms with Crippen molar-refractivity contribution in [2.24, 2.45) is 5.92 Å². The number of alkyl halides is 3. The number of fused-ring (bicyclic) bond motifs is 1. The Morgan fingerprint density at radius 3 is 2.86 bits per heavy atom. The summed E-state index contributed by atoms with van der Waals surface area (Å²) < 4.78 is 44.4. The monoisotopic (exact) mass is 317 g/mol. The minimum atomic E-state index is -4.26. The molecule has 0 aromatic carbocycles. The molecule has 8 heteroatoms. The van der Waals surface area contributed by atoms with E-state index in [2.05, 4.69) is 4.98 Å². The Kier molecular flexibility index (Phi) is 4.12. The third-order valence-corrected chi connectivity index (χ3v) is 3.91. The smallest absolute Gasteiger partial charge is 0.372 e. The van der Waals surface area contributed by atoms with Crippen LogP contribution in [0.3, 0.4) is 0 Å². The zero-order valence-corrected chi connectivity index (χ0v) is 12.1. The normalized spacial score (nSPS) is 18.1. The van der Waals surface area contributed by atoms with Crippen molar-refractivity contribution in [2.45, 2.75) is 38.6 Å². The highest BCUT2D eigenvalue weighted by Gasteiger charge is 2.33. The second-order valence-corrected chi connectivity index (χ2v) is 5.85. The van der Waals surface area contributed by atoms with E-state index in [-0.39, 0.29) is 12.2 Å². The molecule has 2 heterocycles. The third kappa shape index (κ3) is 3.79. The molecule has 3 rings (SSSR count). The van der Waals surface area contributed by atoms with Gasteiger partial charge in [-0.05, 0) is 18.8 Å². The number of imidazole rings is 1. The van der Waals surface area contributed by atoms with Crippen molar-refractivity contribution in [1.82, 2.24) is 14.5 Å². The Balaban J connectivity index is 1.71. The highest BCUT2D eigenvalue weighted by Crippen LogP contribution is 2.31. The van der Waals surface area contributed by atoms with E-state index in [1.54, 1.807) is 6.20 Å². The molecule has 22 heavy (non-hydrogen) atoms. The molecule has 1 aromatic heterocycles. The van der Waals surface area contributed by atoms with E-state index in [4.69, 9.17) is 4.74 Å². The SMILES string of the molecule is O=C(c1cn2c(n1)COCC2)N(CCC(F)(F)F)CC1CC1. The van der Waals surface area contributed by atoms with E-state index in [1.807, 2.05) is 4.57 Å². The van der Waals surface area contributed by atoms with Gasteiger partial charge in [0, 0.05) is 25.8 Å². The number of nitrogens with zero attached hydrogens (tertiary/aromatic N) is 3. The van der Waals surface area contributed by atoms with Crippen molar-refractivity contribution in [2.75, 3.05) is 19.7 Å². The van der Waals surface area contributed by atoms with E-state index in [0.717, 1.165) is 12.8 Å². The lowest BCUT2D eigenvalue weighted by Gasteiger charge is -2.22. The lowest BCUT2D eigenvalue weighted by molar-refractivity contribution is -0.136. The van der Waals surface area contributed by atoms with Gasteiger partial charge in [0.15, 0.2) is 0 Å². The number of rotatable bonds is 5. The maximum atomic E-state index is 12.5. The van der Waals surface area contributed by atoms with Crippen LogP contribution in [0, 0.1) is 5.92 Å². The summed E-state index contributed by atoms with van der Waals surface area (Å²) in [6.07, 6.45) is -1.67. The van der Waals surface area contributed by atoms with Crippen LogP contribution in [0.1, 0.15) is 35.6 Å². The fourth-order valence-corrected chi connectivity index (χ4v) is 2.50. The van der Waals surface area contributed by atoms with Gasteiger partial charge in [0.05, 0.1) is 13.0 Å². The van der Waals surface area contributed by atoms with Crippen LogP contribution in [0.25, 0.3) is 0 Å². The molecule has 1 fully saturated rings. The van der Waals surface area contributed by atoms with Crippen LogP contribution in [0.2, 0.25) is 0 Å². The molecule has 0 N–H and O–H groups in total. The van der Waals surface area contributed by atoms with Crippen molar-refractivity contribution in [1.29, 1.82) is 0 Å². The number of hydrogen-bond donors (Lipinski definition) is 0. The molecule has 1 aliphatic heterocycles. The van der Waals surface area contributed by atoms with Crippen LogP contribution in [0.15, 0.2) is 6.20 Å². The Bertz CT molecular complexity index is 529. The summed E-state index contributed by atoms with van der Waals surface area (Å²) in [6.45, 7) is 1.57. The predicted octanol–water partition coefficient (Wildman–Crippen LogP) is 2.22. The van der Waals surface area contributed by atoms with Crippen LogP contribution < -0.4 is 0 Å². The Labute approximate surface area is 126 Å². The molecule has 0 atom stereocenters. The van der Waals surface area contributed by atoms with Gasteiger partial charge in [-0.1, -0.05) is 0 Å². The van der Waals surface area contributed by atoms with E-state index < -0.39 is 18.5 Å². The van der Waals surface area contributed by atoms with Gasteiger partial charge in [-0.3, -0.25) is 4.79 Å². The second kappa shape index (κ2) is 5.91. The van der Waals surface area contributed by atoms with Gasteiger partial charge < -0.3 is 14.2 Å². The van der Waals surface area contributed by atoms with Gasteiger partial charge in [-0.25, -0.2) is 4.98 Å². The topological polar surface area (TPSA) is 47.4 Å². The Morgan fingerprint density at radius 1 is 1.45 bits per heavy atom. The number of aromatic nitrogens is 2. The largest absolute Gasteiger partial charge is 0.390 e. The molecule has 0 unspecified atom stereocenters. The fraction of sp³-hybridized carbons (Fsp3) is 0.714. The molecule has 0 bridgehead atoms. The standard InChI is InChI=1S/C14H18F3N3O2/c15-14(16,17)3-4-20(7-10-1-2-10)13(21)11-8-19-5-6-22-9-12(19)18-11/h8,10H,1-7,9H2. The van der Waals surface area contributed by atoms with Crippen LogP contribution >= 0.6 is 0 Å². The van der Waals surface area contributed by atoms with Crippen LogP contribution in [-0.2, 0) is 17.9 Å². The minimum Gasteiger partial charge on any atom is -0.372 e. The fourth-order valence-electron chi connectivity index (χ4n) is 2.50. The number of amides is 1. The number of hydrogen-bond acceptors (Lipinski definition) is 3. The molecular weight excluding hydrogens is 299 g/mol. The average molecular weight is 317 g/mol. The van der Waals surface area contributed by atoms with Gasteiger partial charge in [0.1, 0.15) is 18.1 Å². The average Bonchev–Trinajstić information content (AvgIpc) is 3.17. The molecule has 0 radical (unpaired) electrons. The van der Waals surface area contributed by atoms with Crippen molar-refractivity contribution < 1.29 is 22.7 Å². The number of halogens is 3. The molecule has 5 nitrogen and oxygen atoms in total. The number of carbonyl (C=O) groups is 1. The number of ether oxygens (including phenoxy) is 1. The van der Waals surface area contributed by atoms with Crippen molar-refractivity contribution in [3.05, 3.63) is 17.7 Å². The van der Waals surface area contributed by atoms with Crippen molar-refractivity contribution in [3.63, 3.8) is 0 Å². The van der Waals surface area contributed by atoms with Gasteiger partial charge in [0.2, 0.25) is 0 Å². The van der Waals surface area contributed by atoms with Crippen LogP contribution in [0.5, 0.6) is 0 Å². The van der Waals surface area contributed by atoms with Gasteiger partial charge in [-0.15, -0.1) is 0 Å².